The van der Waals surface area contributed by atoms with Crippen molar-refractivity contribution in [2.24, 2.45) is 5.73 Å². The number of H-pyrrole nitrogens is 1. The van der Waals surface area contributed by atoms with Gasteiger partial charge in [-0.15, -0.1) is 0 Å². The Morgan fingerprint density at radius 2 is 2.00 bits per heavy atom. The van der Waals surface area contributed by atoms with E-state index in [-0.39, 0.29) is 5.69 Å². The van der Waals surface area contributed by atoms with Gasteiger partial charge in [-0.2, -0.15) is 13.2 Å². The fraction of sp³-hybridized carbons (Fsp3) is 0.273. The van der Waals surface area contributed by atoms with Crippen LogP contribution in [0.4, 0.5) is 13.2 Å². The van der Waals surface area contributed by atoms with Gasteiger partial charge in [-0.3, -0.25) is 0 Å². The molecule has 0 aliphatic heterocycles. The van der Waals surface area contributed by atoms with Gasteiger partial charge in [0.25, 0.3) is 0 Å². The van der Waals surface area contributed by atoms with E-state index in [4.69, 9.17) is 17.3 Å². The molecule has 1 unspecified atom stereocenters. The number of hydrogen-bond acceptors (Lipinski definition) is 1. The molecule has 0 saturated heterocycles. The summed E-state index contributed by atoms with van der Waals surface area (Å²) in [5, 5.41) is 1.13. The van der Waals surface area contributed by atoms with Gasteiger partial charge in [0, 0.05) is 28.2 Å². The van der Waals surface area contributed by atoms with Crippen LogP contribution in [0.15, 0.2) is 24.3 Å². The summed E-state index contributed by atoms with van der Waals surface area (Å²) < 4.78 is 38.1. The minimum Gasteiger partial charge on any atom is -0.358 e. The van der Waals surface area contributed by atoms with E-state index in [2.05, 4.69) is 4.98 Å². The Hall–Kier alpha value is -1.20. The molecule has 3 N–H and O–H groups in total. The minimum atomic E-state index is -4.35. The van der Waals surface area contributed by atoms with Crippen LogP contribution in [0.1, 0.15) is 11.6 Å². The first-order chi connectivity index (χ1) is 7.91. The molecule has 2 aromatic rings. The van der Waals surface area contributed by atoms with Gasteiger partial charge in [0.05, 0.1) is 0 Å². The molecular weight excluding hydrogens is 253 g/mol. The lowest BCUT2D eigenvalue weighted by Gasteiger charge is -2.16. The van der Waals surface area contributed by atoms with E-state index in [1.807, 2.05) is 0 Å². The Kier molecular flexibility index (Phi) is 3.05. The smallest absolute Gasteiger partial charge is 0.358 e. The van der Waals surface area contributed by atoms with Crippen molar-refractivity contribution in [3.05, 3.63) is 35.0 Å². The molecule has 0 aliphatic rings. The standard InChI is InChI=1S/C11H10ClF3N2/c12-7-1-2-9-6(3-7)4-10(17-9)8(5-16)11(13,14)15/h1-4,8,17H,5,16H2. The van der Waals surface area contributed by atoms with Gasteiger partial charge < -0.3 is 10.7 Å². The van der Waals surface area contributed by atoms with E-state index in [1.54, 1.807) is 18.2 Å². The SMILES string of the molecule is NCC(c1cc2cc(Cl)ccc2[nH]1)C(F)(F)F. The molecule has 0 bridgehead atoms. The van der Waals surface area contributed by atoms with E-state index in [9.17, 15) is 13.2 Å². The van der Waals surface area contributed by atoms with Gasteiger partial charge in [-0.1, -0.05) is 11.6 Å². The maximum absolute atomic E-state index is 12.7. The number of aromatic amines is 1. The summed E-state index contributed by atoms with van der Waals surface area (Å²) in [6, 6.07) is 6.31. The lowest BCUT2D eigenvalue weighted by molar-refractivity contribution is -0.148. The van der Waals surface area contributed by atoms with Crippen LogP contribution in [0.5, 0.6) is 0 Å². The zero-order valence-electron chi connectivity index (χ0n) is 8.68. The highest BCUT2D eigenvalue weighted by Gasteiger charge is 2.40. The highest BCUT2D eigenvalue weighted by Crippen LogP contribution is 2.35. The van der Waals surface area contributed by atoms with Crippen LogP contribution in [-0.2, 0) is 0 Å². The predicted molar refractivity (Wildman–Crippen MR) is 61.2 cm³/mol. The van der Waals surface area contributed by atoms with E-state index in [1.165, 1.54) is 6.07 Å². The number of hydrogen-bond donors (Lipinski definition) is 2. The molecule has 1 aromatic carbocycles. The molecule has 6 heteroatoms. The Morgan fingerprint density at radius 1 is 1.29 bits per heavy atom. The van der Waals surface area contributed by atoms with Gasteiger partial charge in [0.1, 0.15) is 5.92 Å². The van der Waals surface area contributed by atoms with Crippen LogP contribution in [0.25, 0.3) is 10.9 Å². The van der Waals surface area contributed by atoms with Crippen LogP contribution in [0.2, 0.25) is 5.02 Å². The monoisotopic (exact) mass is 262 g/mol. The van der Waals surface area contributed by atoms with Gasteiger partial charge in [-0.25, -0.2) is 0 Å². The van der Waals surface area contributed by atoms with Crippen molar-refractivity contribution in [2.45, 2.75) is 12.1 Å². The Labute approximate surface area is 101 Å². The number of nitrogens with one attached hydrogen (secondary N) is 1. The third-order valence-corrected chi connectivity index (χ3v) is 2.84. The van der Waals surface area contributed by atoms with Gasteiger partial charge in [0.15, 0.2) is 0 Å². The Morgan fingerprint density at radius 3 is 2.59 bits per heavy atom. The van der Waals surface area contributed by atoms with Gasteiger partial charge in [0.2, 0.25) is 0 Å². The van der Waals surface area contributed by atoms with E-state index >= 15 is 0 Å². The van der Waals surface area contributed by atoms with Crippen molar-refractivity contribution < 1.29 is 13.2 Å². The third-order valence-electron chi connectivity index (χ3n) is 2.61. The number of alkyl halides is 3. The fourth-order valence-electron chi connectivity index (χ4n) is 1.75. The highest BCUT2D eigenvalue weighted by atomic mass is 35.5. The van der Waals surface area contributed by atoms with Crippen LogP contribution in [-0.4, -0.2) is 17.7 Å². The lowest BCUT2D eigenvalue weighted by atomic mass is 10.1. The molecule has 2 rings (SSSR count). The van der Waals surface area contributed by atoms with E-state index in [0.29, 0.717) is 15.9 Å². The topological polar surface area (TPSA) is 41.8 Å². The first-order valence-corrected chi connectivity index (χ1v) is 5.34. The van der Waals surface area contributed by atoms with Crippen LogP contribution >= 0.6 is 11.6 Å². The molecule has 1 aromatic heterocycles. The van der Waals surface area contributed by atoms with Crippen molar-refractivity contribution in [3.8, 4) is 0 Å². The summed E-state index contributed by atoms with van der Waals surface area (Å²) in [7, 11) is 0. The second kappa shape index (κ2) is 4.23. The van der Waals surface area contributed by atoms with Crippen molar-refractivity contribution in [1.29, 1.82) is 0 Å². The molecule has 92 valence electrons. The van der Waals surface area contributed by atoms with Crippen molar-refractivity contribution in [2.75, 3.05) is 6.54 Å². The average molecular weight is 263 g/mol. The van der Waals surface area contributed by atoms with Crippen molar-refractivity contribution in [1.82, 2.24) is 4.98 Å². The molecule has 1 atom stereocenters. The summed E-state index contributed by atoms with van der Waals surface area (Å²) in [6.45, 7) is -0.482. The molecule has 0 saturated carbocycles. The summed E-state index contributed by atoms with van der Waals surface area (Å²) in [5.74, 6) is -1.67. The predicted octanol–water partition coefficient (Wildman–Crippen LogP) is 3.43. The number of nitrogens with two attached hydrogens (primary N) is 1. The first kappa shape index (κ1) is 12.3. The first-order valence-electron chi connectivity index (χ1n) is 4.97. The number of aromatic nitrogens is 1. The summed E-state index contributed by atoms with van der Waals surface area (Å²) in [5.41, 5.74) is 5.86. The molecular formula is C11H10ClF3N2. The second-order valence-electron chi connectivity index (χ2n) is 3.79. The molecule has 2 nitrogen and oxygen atoms in total. The Balaban J connectivity index is 2.48. The maximum Gasteiger partial charge on any atom is 0.398 e. The maximum atomic E-state index is 12.7. The quantitative estimate of drug-likeness (QED) is 0.855. The molecule has 0 radical (unpaired) electrons. The fourth-order valence-corrected chi connectivity index (χ4v) is 1.93. The second-order valence-corrected chi connectivity index (χ2v) is 4.22. The number of rotatable bonds is 2. The summed E-state index contributed by atoms with van der Waals surface area (Å²) >= 11 is 5.77. The number of halogens is 4. The molecule has 1 heterocycles. The minimum absolute atomic E-state index is 0.0669. The van der Waals surface area contributed by atoms with Crippen molar-refractivity contribution in [3.63, 3.8) is 0 Å². The van der Waals surface area contributed by atoms with E-state index < -0.39 is 18.6 Å². The summed E-state index contributed by atoms with van der Waals surface area (Å²) in [4.78, 5) is 2.72. The highest BCUT2D eigenvalue weighted by molar-refractivity contribution is 6.31. The van der Waals surface area contributed by atoms with E-state index in [0.717, 1.165) is 0 Å². The summed E-state index contributed by atoms with van der Waals surface area (Å²) in [6.07, 6.45) is -4.35. The van der Waals surface area contributed by atoms with Gasteiger partial charge in [-0.05, 0) is 24.3 Å². The normalized spacial score (nSPS) is 14.2. The zero-order valence-corrected chi connectivity index (χ0v) is 9.44. The average Bonchev–Trinajstić information content (AvgIpc) is 2.58. The van der Waals surface area contributed by atoms with Gasteiger partial charge >= 0.3 is 6.18 Å². The van der Waals surface area contributed by atoms with Crippen molar-refractivity contribution >= 4 is 22.5 Å². The molecule has 0 fully saturated rings. The number of benzene rings is 1. The third kappa shape index (κ3) is 2.40. The van der Waals surface area contributed by atoms with Crippen LogP contribution < -0.4 is 5.73 Å². The number of fused-ring (bicyclic) bond motifs is 1. The molecule has 0 amide bonds. The van der Waals surface area contributed by atoms with Crippen LogP contribution in [0.3, 0.4) is 0 Å². The largest absolute Gasteiger partial charge is 0.398 e. The molecule has 0 spiro atoms. The lowest BCUT2D eigenvalue weighted by Crippen LogP contribution is -2.28. The zero-order chi connectivity index (χ0) is 12.6. The molecule has 0 aliphatic carbocycles. The Bertz CT molecular complexity index is 533. The molecule has 17 heavy (non-hydrogen) atoms. The van der Waals surface area contributed by atoms with Crippen LogP contribution in [0, 0.1) is 0 Å².